The van der Waals surface area contributed by atoms with E-state index >= 15 is 0 Å². The number of piperazine rings is 1. The summed E-state index contributed by atoms with van der Waals surface area (Å²) in [6.07, 6.45) is 0. The second-order valence-corrected chi connectivity index (χ2v) is 4.66. The van der Waals surface area contributed by atoms with Gasteiger partial charge in [-0.1, -0.05) is 18.2 Å². The highest BCUT2D eigenvalue weighted by Crippen LogP contribution is 2.26. The molecule has 1 saturated heterocycles. The van der Waals surface area contributed by atoms with Crippen LogP contribution >= 0.6 is 0 Å². The molecule has 0 radical (unpaired) electrons. The van der Waals surface area contributed by atoms with Gasteiger partial charge in [-0.2, -0.15) is 0 Å². The number of nitrogens with zero attached hydrogens (tertiary/aromatic N) is 1. The molecule has 1 aromatic heterocycles. The van der Waals surface area contributed by atoms with Crippen LogP contribution < -0.4 is 5.32 Å². The Bertz CT molecular complexity index is 512. The van der Waals surface area contributed by atoms with Crippen LogP contribution in [0.5, 0.6) is 0 Å². The molecule has 3 heteroatoms. The van der Waals surface area contributed by atoms with Crippen LogP contribution in [0.25, 0.3) is 11.0 Å². The minimum absolute atomic E-state index is 1.00. The lowest BCUT2D eigenvalue weighted by atomic mass is 10.1. The van der Waals surface area contributed by atoms with Crippen LogP contribution in [0.4, 0.5) is 0 Å². The number of benzene rings is 1. The molecule has 0 unspecified atom stereocenters. The molecule has 3 rings (SSSR count). The maximum Gasteiger partial charge on any atom is 0.134 e. The maximum atomic E-state index is 5.80. The quantitative estimate of drug-likeness (QED) is 0.857. The van der Waals surface area contributed by atoms with Crippen LogP contribution in [0.15, 0.2) is 28.7 Å². The minimum Gasteiger partial charge on any atom is -0.461 e. The molecule has 2 aromatic rings. The smallest absolute Gasteiger partial charge is 0.134 e. The predicted octanol–water partition coefficient (Wildman–Crippen LogP) is 2.15. The van der Waals surface area contributed by atoms with E-state index in [2.05, 4.69) is 29.3 Å². The van der Waals surface area contributed by atoms with Gasteiger partial charge in [0.1, 0.15) is 11.3 Å². The highest BCUT2D eigenvalue weighted by molar-refractivity contribution is 5.82. The van der Waals surface area contributed by atoms with Crippen molar-refractivity contribution in [2.75, 3.05) is 26.2 Å². The summed E-state index contributed by atoms with van der Waals surface area (Å²) < 4.78 is 5.80. The van der Waals surface area contributed by atoms with Gasteiger partial charge in [-0.3, -0.25) is 4.90 Å². The molecule has 0 atom stereocenters. The van der Waals surface area contributed by atoms with Gasteiger partial charge >= 0.3 is 0 Å². The topological polar surface area (TPSA) is 28.4 Å². The van der Waals surface area contributed by atoms with E-state index in [1.807, 2.05) is 12.1 Å². The highest BCUT2D eigenvalue weighted by Gasteiger charge is 2.15. The van der Waals surface area contributed by atoms with Gasteiger partial charge in [-0.15, -0.1) is 0 Å². The number of nitrogens with one attached hydrogen (secondary N) is 1. The van der Waals surface area contributed by atoms with Crippen molar-refractivity contribution in [2.24, 2.45) is 0 Å². The van der Waals surface area contributed by atoms with E-state index in [-0.39, 0.29) is 0 Å². The number of hydrogen-bond acceptors (Lipinski definition) is 3. The first kappa shape index (κ1) is 10.8. The summed E-state index contributed by atoms with van der Waals surface area (Å²) in [4.78, 5) is 2.49. The first-order chi connectivity index (χ1) is 8.34. The molecule has 0 bridgehead atoms. The first-order valence-electron chi connectivity index (χ1n) is 6.24. The lowest BCUT2D eigenvalue weighted by Crippen LogP contribution is -2.42. The van der Waals surface area contributed by atoms with Gasteiger partial charge < -0.3 is 9.73 Å². The van der Waals surface area contributed by atoms with Crippen molar-refractivity contribution >= 4 is 11.0 Å². The van der Waals surface area contributed by atoms with Crippen molar-refractivity contribution in [3.05, 3.63) is 35.6 Å². The standard InChI is InChI=1S/C14H18N2O/c1-11-13(10-16-8-6-15-7-9-16)12-4-2-3-5-14(12)17-11/h2-5,15H,6-10H2,1H3. The predicted molar refractivity (Wildman–Crippen MR) is 69.1 cm³/mol. The molecule has 0 spiro atoms. The van der Waals surface area contributed by atoms with Crippen molar-refractivity contribution in [1.82, 2.24) is 10.2 Å². The normalized spacial score (nSPS) is 17.7. The molecule has 1 aliphatic rings. The zero-order chi connectivity index (χ0) is 11.7. The average molecular weight is 230 g/mol. The Morgan fingerprint density at radius 2 is 2.00 bits per heavy atom. The third-order valence-corrected chi connectivity index (χ3v) is 3.49. The number of furan rings is 1. The molecule has 3 nitrogen and oxygen atoms in total. The summed E-state index contributed by atoms with van der Waals surface area (Å²) in [6.45, 7) is 7.50. The van der Waals surface area contributed by atoms with E-state index in [0.717, 1.165) is 44.1 Å². The van der Waals surface area contributed by atoms with Crippen LogP contribution in [0.2, 0.25) is 0 Å². The summed E-state index contributed by atoms with van der Waals surface area (Å²) in [5.41, 5.74) is 2.36. The van der Waals surface area contributed by atoms with Gasteiger partial charge in [0, 0.05) is 43.7 Å². The number of para-hydroxylation sites is 1. The molecule has 2 heterocycles. The average Bonchev–Trinajstić information content (AvgIpc) is 2.68. The Morgan fingerprint density at radius 3 is 2.82 bits per heavy atom. The lowest BCUT2D eigenvalue weighted by molar-refractivity contribution is 0.232. The van der Waals surface area contributed by atoms with Gasteiger partial charge in [-0.25, -0.2) is 0 Å². The second kappa shape index (κ2) is 4.51. The van der Waals surface area contributed by atoms with Crippen molar-refractivity contribution in [3.63, 3.8) is 0 Å². The van der Waals surface area contributed by atoms with Crippen molar-refractivity contribution < 1.29 is 4.42 Å². The first-order valence-corrected chi connectivity index (χ1v) is 6.24. The molecule has 0 aliphatic carbocycles. The van der Waals surface area contributed by atoms with Crippen LogP contribution in [-0.4, -0.2) is 31.1 Å². The van der Waals surface area contributed by atoms with Gasteiger partial charge in [0.05, 0.1) is 0 Å². The molecule has 17 heavy (non-hydrogen) atoms. The number of fused-ring (bicyclic) bond motifs is 1. The Labute approximate surface area is 101 Å². The Hall–Kier alpha value is -1.32. The van der Waals surface area contributed by atoms with E-state index in [9.17, 15) is 0 Å². The Morgan fingerprint density at radius 1 is 1.24 bits per heavy atom. The van der Waals surface area contributed by atoms with Gasteiger partial charge in [0.15, 0.2) is 0 Å². The lowest BCUT2D eigenvalue weighted by Gasteiger charge is -2.27. The van der Waals surface area contributed by atoms with Crippen molar-refractivity contribution in [3.8, 4) is 0 Å². The van der Waals surface area contributed by atoms with E-state index in [1.54, 1.807) is 0 Å². The summed E-state index contributed by atoms with van der Waals surface area (Å²) in [7, 11) is 0. The van der Waals surface area contributed by atoms with Gasteiger partial charge in [0.2, 0.25) is 0 Å². The summed E-state index contributed by atoms with van der Waals surface area (Å²) in [5.74, 6) is 1.06. The van der Waals surface area contributed by atoms with Crippen molar-refractivity contribution in [2.45, 2.75) is 13.5 Å². The summed E-state index contributed by atoms with van der Waals surface area (Å²) in [5, 5.41) is 4.65. The molecule has 1 aromatic carbocycles. The maximum absolute atomic E-state index is 5.80. The molecule has 90 valence electrons. The third kappa shape index (κ3) is 2.08. The van der Waals surface area contributed by atoms with Crippen LogP contribution in [0.3, 0.4) is 0 Å². The molecule has 1 aliphatic heterocycles. The van der Waals surface area contributed by atoms with Gasteiger partial charge in [-0.05, 0) is 13.0 Å². The SMILES string of the molecule is Cc1oc2ccccc2c1CN1CCNCC1. The molecule has 1 N–H and O–H groups in total. The largest absolute Gasteiger partial charge is 0.461 e. The van der Waals surface area contributed by atoms with Crippen LogP contribution in [-0.2, 0) is 6.54 Å². The van der Waals surface area contributed by atoms with E-state index in [4.69, 9.17) is 4.42 Å². The Balaban J connectivity index is 1.90. The fourth-order valence-electron chi connectivity index (χ4n) is 2.51. The van der Waals surface area contributed by atoms with Crippen molar-refractivity contribution in [1.29, 1.82) is 0 Å². The second-order valence-electron chi connectivity index (χ2n) is 4.66. The van der Waals surface area contributed by atoms with Crippen LogP contribution in [0, 0.1) is 6.92 Å². The molecule has 0 saturated carbocycles. The number of aryl methyl sites for hydroxylation is 1. The molecule has 1 fully saturated rings. The zero-order valence-electron chi connectivity index (χ0n) is 10.2. The fraction of sp³-hybridized carbons (Fsp3) is 0.429. The molecular formula is C14H18N2O. The summed E-state index contributed by atoms with van der Waals surface area (Å²) in [6, 6.07) is 8.31. The highest BCUT2D eigenvalue weighted by atomic mass is 16.3. The summed E-state index contributed by atoms with van der Waals surface area (Å²) >= 11 is 0. The van der Waals surface area contributed by atoms with E-state index in [1.165, 1.54) is 10.9 Å². The van der Waals surface area contributed by atoms with Gasteiger partial charge in [0.25, 0.3) is 0 Å². The van der Waals surface area contributed by atoms with Crippen LogP contribution in [0.1, 0.15) is 11.3 Å². The fourth-order valence-corrected chi connectivity index (χ4v) is 2.51. The number of rotatable bonds is 2. The van der Waals surface area contributed by atoms with E-state index < -0.39 is 0 Å². The number of hydrogen-bond donors (Lipinski definition) is 1. The molecule has 0 amide bonds. The minimum atomic E-state index is 1.00. The molecular weight excluding hydrogens is 212 g/mol. The monoisotopic (exact) mass is 230 g/mol. The Kier molecular flexibility index (Phi) is 2.87. The zero-order valence-corrected chi connectivity index (χ0v) is 10.2. The van der Waals surface area contributed by atoms with E-state index in [0.29, 0.717) is 0 Å². The third-order valence-electron chi connectivity index (χ3n) is 3.49.